The summed E-state index contributed by atoms with van der Waals surface area (Å²) in [5.41, 5.74) is 4.34. The van der Waals surface area contributed by atoms with Crippen LogP contribution in [0, 0.1) is 6.92 Å². The van der Waals surface area contributed by atoms with Crippen molar-refractivity contribution in [1.29, 1.82) is 0 Å². The van der Waals surface area contributed by atoms with E-state index in [2.05, 4.69) is 0 Å². The second-order valence-electron chi connectivity index (χ2n) is 9.07. The lowest BCUT2D eigenvalue weighted by atomic mass is 9.78. The van der Waals surface area contributed by atoms with Gasteiger partial charge in [0.1, 0.15) is 11.9 Å². The first-order valence-electron chi connectivity index (χ1n) is 11.6. The van der Waals surface area contributed by atoms with E-state index in [4.69, 9.17) is 9.72 Å². The number of hydrogen-bond acceptors (Lipinski definition) is 5. The molecular weight excluding hydrogens is 414 g/mol. The fourth-order valence-electron chi connectivity index (χ4n) is 5.22. The summed E-state index contributed by atoms with van der Waals surface area (Å²) in [7, 11) is 0. The van der Waals surface area contributed by atoms with Crippen LogP contribution in [-0.4, -0.2) is 27.9 Å². The number of ether oxygens (including phenoxy) is 1. The van der Waals surface area contributed by atoms with E-state index in [-0.39, 0.29) is 23.6 Å². The molecule has 3 aromatic rings. The van der Waals surface area contributed by atoms with Crippen molar-refractivity contribution in [3.05, 3.63) is 82.7 Å². The van der Waals surface area contributed by atoms with Gasteiger partial charge in [-0.05, 0) is 68.2 Å². The number of carbonyl (C=O) groups is 2. The van der Waals surface area contributed by atoms with E-state index in [0.29, 0.717) is 46.5 Å². The average Bonchev–Trinajstić information content (AvgIpc) is 3.31. The van der Waals surface area contributed by atoms with Crippen molar-refractivity contribution < 1.29 is 19.4 Å². The second kappa shape index (κ2) is 8.81. The summed E-state index contributed by atoms with van der Waals surface area (Å²) in [6, 6.07) is 16.7. The topological polar surface area (TPSA) is 76.5 Å². The molecule has 5 heteroatoms. The Morgan fingerprint density at radius 1 is 1.00 bits per heavy atom. The van der Waals surface area contributed by atoms with Crippen molar-refractivity contribution in [2.24, 2.45) is 0 Å². The van der Waals surface area contributed by atoms with Crippen molar-refractivity contribution in [1.82, 2.24) is 4.98 Å². The van der Waals surface area contributed by atoms with E-state index in [1.165, 1.54) is 0 Å². The van der Waals surface area contributed by atoms with Gasteiger partial charge in [0.25, 0.3) is 0 Å². The minimum Gasteiger partial charge on any atom is -0.508 e. The molecule has 33 heavy (non-hydrogen) atoms. The molecule has 2 aromatic carbocycles. The lowest BCUT2D eigenvalue weighted by molar-refractivity contribution is 0.0317. The van der Waals surface area contributed by atoms with Crippen molar-refractivity contribution >= 4 is 11.8 Å². The molecule has 1 fully saturated rings. The fraction of sp³-hybridized carbons (Fsp3) is 0.321. The third-order valence-corrected chi connectivity index (χ3v) is 6.79. The first-order valence-corrected chi connectivity index (χ1v) is 11.6. The molecule has 1 saturated carbocycles. The number of nitrogens with zero attached hydrogens (tertiary/aromatic N) is 1. The lowest BCUT2D eigenvalue weighted by Gasteiger charge is -2.27. The Hall–Kier alpha value is -3.47. The third kappa shape index (κ3) is 4.15. The molecule has 0 saturated heterocycles. The number of benzene rings is 2. The van der Waals surface area contributed by atoms with Gasteiger partial charge in [-0.3, -0.25) is 9.78 Å². The largest absolute Gasteiger partial charge is 0.508 e. The molecule has 1 aromatic heterocycles. The number of rotatable bonds is 4. The van der Waals surface area contributed by atoms with Gasteiger partial charge in [0.2, 0.25) is 0 Å². The molecular formula is C28H27NO4. The fourth-order valence-corrected chi connectivity index (χ4v) is 5.22. The highest BCUT2D eigenvalue weighted by Crippen LogP contribution is 2.40. The van der Waals surface area contributed by atoms with Crippen LogP contribution in [0.25, 0.3) is 11.1 Å². The van der Waals surface area contributed by atoms with E-state index in [1.54, 1.807) is 25.1 Å². The predicted molar refractivity (Wildman–Crippen MR) is 126 cm³/mol. The van der Waals surface area contributed by atoms with Crippen LogP contribution in [0.3, 0.4) is 0 Å². The van der Waals surface area contributed by atoms with Crippen LogP contribution in [0.4, 0.5) is 0 Å². The summed E-state index contributed by atoms with van der Waals surface area (Å²) in [5, 5.41) is 10.1. The molecule has 0 bridgehead atoms. The van der Waals surface area contributed by atoms with Crippen LogP contribution in [0.2, 0.25) is 0 Å². The molecule has 0 aliphatic heterocycles. The predicted octanol–water partition coefficient (Wildman–Crippen LogP) is 5.77. The minimum absolute atomic E-state index is 0.0362. The molecule has 1 N–H and O–H groups in total. The number of phenolic OH excluding ortho intramolecular Hbond substituents is 1. The number of aromatic nitrogens is 1. The number of hydrogen-bond donors (Lipinski definition) is 1. The van der Waals surface area contributed by atoms with Crippen molar-refractivity contribution in [2.45, 2.75) is 57.5 Å². The van der Waals surface area contributed by atoms with Crippen molar-refractivity contribution in [3.8, 4) is 16.9 Å². The summed E-state index contributed by atoms with van der Waals surface area (Å²) >= 11 is 0. The van der Waals surface area contributed by atoms with Crippen LogP contribution < -0.4 is 0 Å². The first-order chi connectivity index (χ1) is 16.0. The summed E-state index contributed by atoms with van der Waals surface area (Å²) < 4.78 is 5.83. The van der Waals surface area contributed by atoms with Gasteiger partial charge in [0, 0.05) is 17.5 Å². The summed E-state index contributed by atoms with van der Waals surface area (Å²) in [5.74, 6) is -0.348. The Morgan fingerprint density at radius 3 is 2.48 bits per heavy atom. The number of aromatic hydroxyl groups is 1. The molecule has 5 nitrogen and oxygen atoms in total. The van der Waals surface area contributed by atoms with E-state index < -0.39 is 5.97 Å². The quantitative estimate of drug-likeness (QED) is 0.520. The SMILES string of the molecule is Cc1nc2c(c(-c3cccc(O)c3)c1C(=O)OC1CCCC1)C(=O)CC(c1ccccc1)C2. The van der Waals surface area contributed by atoms with Gasteiger partial charge in [-0.1, -0.05) is 42.5 Å². The summed E-state index contributed by atoms with van der Waals surface area (Å²) in [6.07, 6.45) is 4.71. The minimum atomic E-state index is -0.439. The number of esters is 1. The molecule has 0 amide bonds. The van der Waals surface area contributed by atoms with Gasteiger partial charge in [-0.25, -0.2) is 4.79 Å². The maximum Gasteiger partial charge on any atom is 0.340 e. The average molecular weight is 442 g/mol. The van der Waals surface area contributed by atoms with Crippen molar-refractivity contribution in [3.63, 3.8) is 0 Å². The summed E-state index contributed by atoms with van der Waals surface area (Å²) in [4.78, 5) is 31.6. The smallest absolute Gasteiger partial charge is 0.340 e. The number of aryl methyl sites for hydroxylation is 1. The number of pyridine rings is 1. The normalized spacial score (nSPS) is 18.2. The number of Topliss-reactive ketones (excluding diaryl/α,β-unsaturated/α-hetero) is 1. The van der Waals surface area contributed by atoms with Crippen LogP contribution in [0.15, 0.2) is 54.6 Å². The zero-order valence-corrected chi connectivity index (χ0v) is 18.7. The molecule has 2 aliphatic rings. The molecule has 0 radical (unpaired) electrons. The number of ketones is 1. The van der Waals surface area contributed by atoms with Gasteiger partial charge in [0.05, 0.1) is 17.0 Å². The zero-order valence-electron chi connectivity index (χ0n) is 18.7. The molecule has 2 aliphatic carbocycles. The second-order valence-corrected chi connectivity index (χ2v) is 9.07. The monoisotopic (exact) mass is 441 g/mol. The molecule has 0 spiro atoms. The van der Waals surface area contributed by atoms with Gasteiger partial charge in [0.15, 0.2) is 5.78 Å². The Morgan fingerprint density at radius 2 is 1.76 bits per heavy atom. The zero-order chi connectivity index (χ0) is 22.9. The van der Waals surface area contributed by atoms with Crippen LogP contribution >= 0.6 is 0 Å². The van der Waals surface area contributed by atoms with Gasteiger partial charge in [-0.15, -0.1) is 0 Å². The molecule has 5 rings (SSSR count). The van der Waals surface area contributed by atoms with E-state index >= 15 is 0 Å². The standard InChI is InChI=1S/C28H27NO4/c1-17-25(28(32)33-22-12-5-6-13-22)26(19-10-7-11-21(30)14-19)27-23(29-17)15-20(16-24(27)31)18-8-3-2-4-9-18/h2-4,7-11,14,20,22,30H,5-6,12-13,15-16H2,1H3. The molecule has 1 unspecified atom stereocenters. The number of carbonyl (C=O) groups excluding carboxylic acids is 2. The number of fused-ring (bicyclic) bond motifs is 1. The Labute approximate surface area is 193 Å². The van der Waals surface area contributed by atoms with E-state index in [9.17, 15) is 14.7 Å². The lowest BCUT2D eigenvalue weighted by Crippen LogP contribution is -2.25. The van der Waals surface area contributed by atoms with Gasteiger partial charge >= 0.3 is 5.97 Å². The molecule has 1 heterocycles. The van der Waals surface area contributed by atoms with Crippen LogP contribution in [0.5, 0.6) is 5.75 Å². The van der Waals surface area contributed by atoms with E-state index in [1.807, 2.05) is 36.4 Å². The Bertz CT molecular complexity index is 1210. The highest BCUT2D eigenvalue weighted by atomic mass is 16.5. The Kier molecular flexibility index (Phi) is 5.71. The van der Waals surface area contributed by atoms with Gasteiger partial charge < -0.3 is 9.84 Å². The highest BCUT2D eigenvalue weighted by Gasteiger charge is 2.34. The number of phenols is 1. The Balaban J connectivity index is 1.64. The van der Waals surface area contributed by atoms with Crippen LogP contribution in [0.1, 0.15) is 75.7 Å². The highest BCUT2D eigenvalue weighted by molar-refractivity contribution is 6.10. The molecule has 1 atom stereocenters. The van der Waals surface area contributed by atoms with Crippen LogP contribution in [-0.2, 0) is 11.2 Å². The van der Waals surface area contributed by atoms with Gasteiger partial charge in [-0.2, -0.15) is 0 Å². The summed E-state index contributed by atoms with van der Waals surface area (Å²) in [6.45, 7) is 1.80. The third-order valence-electron chi connectivity index (χ3n) is 6.79. The first kappa shape index (κ1) is 21.4. The molecule has 168 valence electrons. The van der Waals surface area contributed by atoms with E-state index in [0.717, 1.165) is 31.2 Å². The maximum atomic E-state index is 13.5. The maximum absolute atomic E-state index is 13.5. The van der Waals surface area contributed by atoms with Crippen molar-refractivity contribution in [2.75, 3.05) is 0 Å².